The fraction of sp³-hybridized carbons (Fsp3) is 0.538. The van der Waals surface area contributed by atoms with Crippen molar-refractivity contribution < 1.29 is 8.42 Å². The van der Waals surface area contributed by atoms with E-state index in [1.807, 2.05) is 12.1 Å². The number of hydrogen-bond donors (Lipinski definition) is 2. The van der Waals surface area contributed by atoms with Gasteiger partial charge in [0.25, 0.3) is 0 Å². The van der Waals surface area contributed by atoms with Crippen LogP contribution >= 0.6 is 0 Å². The van der Waals surface area contributed by atoms with Crippen LogP contribution in [0.4, 0.5) is 5.69 Å². The van der Waals surface area contributed by atoms with Crippen LogP contribution in [0.5, 0.6) is 0 Å². The highest BCUT2D eigenvalue weighted by atomic mass is 32.2. The average Bonchev–Trinajstić information content (AvgIpc) is 3.19. The summed E-state index contributed by atoms with van der Waals surface area (Å²) in [5.41, 5.74) is 0.961. The van der Waals surface area contributed by atoms with Crippen LogP contribution in [0, 0.1) is 0 Å². The number of nitrogens with one attached hydrogen (secondary N) is 2. The summed E-state index contributed by atoms with van der Waals surface area (Å²) >= 11 is 0. The lowest BCUT2D eigenvalue weighted by Gasteiger charge is -2.08. The van der Waals surface area contributed by atoms with E-state index in [1.165, 1.54) is 12.8 Å². The van der Waals surface area contributed by atoms with Crippen molar-refractivity contribution in [2.24, 2.45) is 0 Å². The van der Waals surface area contributed by atoms with Crippen molar-refractivity contribution in [1.29, 1.82) is 0 Å². The van der Waals surface area contributed by atoms with E-state index in [4.69, 9.17) is 0 Å². The molecule has 0 radical (unpaired) electrons. The third-order valence-corrected chi connectivity index (χ3v) is 4.81. The molecule has 1 aromatic rings. The lowest BCUT2D eigenvalue weighted by atomic mass is 10.3. The zero-order valence-electron chi connectivity index (χ0n) is 10.6. The van der Waals surface area contributed by atoms with Gasteiger partial charge in [-0.25, -0.2) is 8.42 Å². The number of hydrogen-bond acceptors (Lipinski definition) is 4. The second kappa shape index (κ2) is 5.71. The summed E-state index contributed by atoms with van der Waals surface area (Å²) in [6.07, 6.45) is 2.59. The fourth-order valence-corrected chi connectivity index (χ4v) is 2.60. The number of sulfone groups is 1. The normalized spacial score (nSPS) is 15.6. The monoisotopic (exact) mass is 268 g/mol. The Morgan fingerprint density at radius 3 is 2.39 bits per heavy atom. The van der Waals surface area contributed by atoms with Gasteiger partial charge in [-0.3, -0.25) is 0 Å². The molecule has 1 saturated carbocycles. The largest absolute Gasteiger partial charge is 0.384 e. The van der Waals surface area contributed by atoms with E-state index in [1.54, 1.807) is 19.1 Å². The van der Waals surface area contributed by atoms with Gasteiger partial charge < -0.3 is 10.6 Å². The SMILES string of the molecule is CCS(=O)(=O)c1ccc(NCCNC2CC2)cc1. The van der Waals surface area contributed by atoms with Gasteiger partial charge in [-0.2, -0.15) is 0 Å². The lowest BCUT2D eigenvalue weighted by Crippen LogP contribution is -2.23. The Morgan fingerprint density at radius 2 is 1.83 bits per heavy atom. The molecule has 18 heavy (non-hydrogen) atoms. The van der Waals surface area contributed by atoms with E-state index in [2.05, 4.69) is 10.6 Å². The first-order valence-corrected chi connectivity index (χ1v) is 8.07. The molecule has 0 aromatic heterocycles. The van der Waals surface area contributed by atoms with Gasteiger partial charge in [0.15, 0.2) is 9.84 Å². The van der Waals surface area contributed by atoms with Crippen LogP contribution in [0.3, 0.4) is 0 Å². The van der Waals surface area contributed by atoms with Crippen molar-refractivity contribution in [3.63, 3.8) is 0 Å². The lowest BCUT2D eigenvalue weighted by molar-refractivity contribution is 0.597. The predicted molar refractivity (Wildman–Crippen MR) is 73.7 cm³/mol. The van der Waals surface area contributed by atoms with Crippen molar-refractivity contribution in [1.82, 2.24) is 5.32 Å². The van der Waals surface area contributed by atoms with E-state index >= 15 is 0 Å². The molecule has 0 aliphatic heterocycles. The highest BCUT2D eigenvalue weighted by Gasteiger charge is 2.19. The Hall–Kier alpha value is -1.07. The maximum absolute atomic E-state index is 11.6. The van der Waals surface area contributed by atoms with Gasteiger partial charge in [0.1, 0.15) is 0 Å². The second-order valence-corrected chi connectivity index (χ2v) is 6.86. The fourth-order valence-electron chi connectivity index (χ4n) is 1.72. The molecule has 1 aliphatic rings. The number of anilines is 1. The van der Waals surface area contributed by atoms with Crippen LogP contribution in [0.25, 0.3) is 0 Å². The molecule has 5 heteroatoms. The molecule has 0 heterocycles. The maximum atomic E-state index is 11.6. The van der Waals surface area contributed by atoms with Crippen molar-refractivity contribution in [2.75, 3.05) is 24.2 Å². The Kier molecular flexibility index (Phi) is 4.24. The van der Waals surface area contributed by atoms with E-state index in [0.717, 1.165) is 24.8 Å². The standard InChI is InChI=1S/C13H20N2O2S/c1-2-18(16,17)13-7-5-12(6-8-13)15-10-9-14-11-3-4-11/h5-8,11,14-15H,2-4,9-10H2,1H3. The first-order valence-electron chi connectivity index (χ1n) is 6.42. The third kappa shape index (κ3) is 3.71. The van der Waals surface area contributed by atoms with Crippen LogP contribution < -0.4 is 10.6 Å². The minimum absolute atomic E-state index is 0.144. The molecule has 4 nitrogen and oxygen atoms in total. The summed E-state index contributed by atoms with van der Waals surface area (Å²) in [5.74, 6) is 0.144. The predicted octanol–water partition coefficient (Wildman–Crippen LogP) is 1.64. The molecule has 1 aromatic carbocycles. The first-order chi connectivity index (χ1) is 8.62. The zero-order valence-corrected chi connectivity index (χ0v) is 11.5. The number of rotatable bonds is 7. The minimum atomic E-state index is -3.08. The molecule has 0 atom stereocenters. The van der Waals surface area contributed by atoms with Crippen molar-refractivity contribution in [2.45, 2.75) is 30.7 Å². The molecule has 0 amide bonds. The zero-order chi connectivity index (χ0) is 13.0. The summed E-state index contributed by atoms with van der Waals surface area (Å²) in [7, 11) is -3.08. The summed E-state index contributed by atoms with van der Waals surface area (Å²) < 4.78 is 23.2. The van der Waals surface area contributed by atoms with E-state index < -0.39 is 9.84 Å². The Bertz CT molecular complexity index is 478. The van der Waals surface area contributed by atoms with Gasteiger partial charge in [-0.05, 0) is 37.1 Å². The highest BCUT2D eigenvalue weighted by molar-refractivity contribution is 7.91. The molecule has 1 aliphatic carbocycles. The molecule has 0 saturated heterocycles. The van der Waals surface area contributed by atoms with Crippen molar-refractivity contribution >= 4 is 15.5 Å². The molecule has 1 fully saturated rings. The van der Waals surface area contributed by atoms with Crippen LogP contribution in [0.2, 0.25) is 0 Å². The molecule has 100 valence electrons. The minimum Gasteiger partial charge on any atom is -0.384 e. The van der Waals surface area contributed by atoms with E-state index in [-0.39, 0.29) is 5.75 Å². The van der Waals surface area contributed by atoms with Crippen LogP contribution in [0.1, 0.15) is 19.8 Å². The molecule has 2 N–H and O–H groups in total. The van der Waals surface area contributed by atoms with Crippen LogP contribution in [-0.4, -0.2) is 33.3 Å². The summed E-state index contributed by atoms with van der Waals surface area (Å²) in [6, 6.07) is 7.69. The second-order valence-electron chi connectivity index (χ2n) is 4.58. The third-order valence-electron chi connectivity index (χ3n) is 3.06. The molecular formula is C13H20N2O2S. The van der Waals surface area contributed by atoms with E-state index in [9.17, 15) is 8.42 Å². The van der Waals surface area contributed by atoms with Gasteiger partial charge >= 0.3 is 0 Å². The van der Waals surface area contributed by atoms with Crippen molar-refractivity contribution in [3.05, 3.63) is 24.3 Å². The topological polar surface area (TPSA) is 58.2 Å². The van der Waals surface area contributed by atoms with Crippen molar-refractivity contribution in [3.8, 4) is 0 Å². The maximum Gasteiger partial charge on any atom is 0.178 e. The summed E-state index contributed by atoms with van der Waals surface area (Å²) in [5, 5.41) is 6.68. The van der Waals surface area contributed by atoms with Gasteiger partial charge in [-0.15, -0.1) is 0 Å². The average molecular weight is 268 g/mol. The Balaban J connectivity index is 1.83. The molecule has 0 spiro atoms. The Labute approximate surface area is 109 Å². The van der Waals surface area contributed by atoms with Gasteiger partial charge in [0, 0.05) is 24.8 Å². The Morgan fingerprint density at radius 1 is 1.17 bits per heavy atom. The molecule has 0 bridgehead atoms. The van der Waals surface area contributed by atoms with Gasteiger partial charge in [0.2, 0.25) is 0 Å². The molecular weight excluding hydrogens is 248 g/mol. The van der Waals surface area contributed by atoms with Crippen LogP contribution in [0.15, 0.2) is 29.2 Å². The van der Waals surface area contributed by atoms with E-state index in [0.29, 0.717) is 4.90 Å². The quantitative estimate of drug-likeness (QED) is 0.738. The highest BCUT2D eigenvalue weighted by Crippen LogP contribution is 2.18. The first kappa shape index (κ1) is 13.4. The summed E-state index contributed by atoms with van der Waals surface area (Å²) in [6.45, 7) is 3.46. The van der Waals surface area contributed by atoms with Gasteiger partial charge in [-0.1, -0.05) is 6.92 Å². The molecule has 0 unspecified atom stereocenters. The number of benzene rings is 1. The van der Waals surface area contributed by atoms with Gasteiger partial charge in [0.05, 0.1) is 10.6 Å². The van der Waals surface area contributed by atoms with Crippen LogP contribution in [-0.2, 0) is 9.84 Å². The summed E-state index contributed by atoms with van der Waals surface area (Å²) in [4.78, 5) is 0.395. The smallest absolute Gasteiger partial charge is 0.178 e. The molecule has 2 rings (SSSR count).